The van der Waals surface area contributed by atoms with Gasteiger partial charge in [-0.15, -0.1) is 0 Å². The summed E-state index contributed by atoms with van der Waals surface area (Å²) in [4.78, 5) is 11.1. The largest absolute Gasteiger partial charge is 0.507 e. The third-order valence-corrected chi connectivity index (χ3v) is 2.23. The minimum absolute atomic E-state index is 0.0805. The standard InChI is InChI=1S/C12H7F7O3/c13-7-4-2-1-3-6(7)8(20)5-9(21)22-10(11(14,15)16)12(17,18)19/h1-5,10,20H. The number of aliphatic hydroxyl groups excluding tert-OH is 1. The number of benzene rings is 1. The molecule has 0 fully saturated rings. The van der Waals surface area contributed by atoms with Gasteiger partial charge in [0.05, 0.1) is 11.6 Å². The van der Waals surface area contributed by atoms with Crippen LogP contribution in [0.5, 0.6) is 0 Å². The van der Waals surface area contributed by atoms with Gasteiger partial charge < -0.3 is 9.84 Å². The number of ether oxygens (including phenoxy) is 1. The lowest BCUT2D eigenvalue weighted by Gasteiger charge is -2.22. The number of aliphatic hydroxyl groups is 1. The summed E-state index contributed by atoms with van der Waals surface area (Å²) in [6.45, 7) is 0. The van der Waals surface area contributed by atoms with Crippen molar-refractivity contribution in [1.82, 2.24) is 0 Å². The van der Waals surface area contributed by atoms with Crippen LogP contribution in [-0.4, -0.2) is 29.5 Å². The van der Waals surface area contributed by atoms with E-state index in [1.807, 2.05) is 0 Å². The summed E-state index contributed by atoms with van der Waals surface area (Å²) in [6, 6.07) is 4.26. The predicted octanol–water partition coefficient (Wildman–Crippen LogP) is 3.76. The second-order valence-corrected chi connectivity index (χ2v) is 3.91. The second-order valence-electron chi connectivity index (χ2n) is 3.91. The molecule has 0 aromatic heterocycles. The van der Waals surface area contributed by atoms with Gasteiger partial charge in [-0.1, -0.05) is 12.1 Å². The summed E-state index contributed by atoms with van der Waals surface area (Å²) in [6.07, 6.45) is -16.2. The molecule has 0 saturated heterocycles. The Kier molecular flexibility index (Phi) is 5.05. The van der Waals surface area contributed by atoms with Crippen LogP contribution in [0, 0.1) is 5.82 Å². The van der Waals surface area contributed by atoms with E-state index in [1.54, 1.807) is 0 Å². The monoisotopic (exact) mass is 332 g/mol. The molecule has 1 N–H and O–H groups in total. The minimum atomic E-state index is -5.88. The Morgan fingerprint density at radius 1 is 1.09 bits per heavy atom. The molecular weight excluding hydrogens is 325 g/mol. The van der Waals surface area contributed by atoms with E-state index >= 15 is 0 Å². The first-order valence-electron chi connectivity index (χ1n) is 5.42. The molecule has 0 bridgehead atoms. The molecule has 0 aliphatic rings. The number of esters is 1. The maximum absolute atomic E-state index is 13.2. The van der Waals surface area contributed by atoms with Gasteiger partial charge in [0.25, 0.3) is 6.10 Å². The zero-order valence-electron chi connectivity index (χ0n) is 10.4. The van der Waals surface area contributed by atoms with Crippen molar-refractivity contribution < 1.29 is 45.4 Å². The van der Waals surface area contributed by atoms with Gasteiger partial charge in [-0.05, 0) is 12.1 Å². The highest BCUT2D eigenvalue weighted by atomic mass is 19.4. The van der Waals surface area contributed by atoms with Gasteiger partial charge in [0.2, 0.25) is 0 Å². The van der Waals surface area contributed by atoms with Crippen molar-refractivity contribution in [2.75, 3.05) is 0 Å². The van der Waals surface area contributed by atoms with Crippen LogP contribution < -0.4 is 0 Å². The Labute approximate surface area is 118 Å². The highest BCUT2D eigenvalue weighted by Crippen LogP contribution is 2.35. The molecular formula is C12H7F7O3. The van der Waals surface area contributed by atoms with E-state index in [0.29, 0.717) is 0 Å². The van der Waals surface area contributed by atoms with Gasteiger partial charge in [0.15, 0.2) is 0 Å². The molecule has 0 spiro atoms. The van der Waals surface area contributed by atoms with Crippen molar-refractivity contribution >= 4 is 11.7 Å². The van der Waals surface area contributed by atoms with Crippen LogP contribution in [-0.2, 0) is 9.53 Å². The quantitative estimate of drug-likeness (QED) is 0.397. The third kappa shape index (κ3) is 4.64. The Bertz CT molecular complexity index is 561. The van der Waals surface area contributed by atoms with Crippen molar-refractivity contribution in [2.45, 2.75) is 18.5 Å². The van der Waals surface area contributed by atoms with Gasteiger partial charge in [-0.25, -0.2) is 9.18 Å². The molecule has 0 amide bonds. The molecule has 0 heterocycles. The number of halogens is 7. The summed E-state index contributed by atoms with van der Waals surface area (Å²) < 4.78 is 89.4. The van der Waals surface area contributed by atoms with Crippen LogP contribution in [0.15, 0.2) is 30.3 Å². The molecule has 0 radical (unpaired) electrons. The maximum Gasteiger partial charge on any atom is 0.434 e. The Balaban J connectivity index is 2.97. The predicted molar refractivity (Wildman–Crippen MR) is 59.0 cm³/mol. The van der Waals surface area contributed by atoms with Gasteiger partial charge in [-0.3, -0.25) is 0 Å². The molecule has 1 aromatic rings. The van der Waals surface area contributed by atoms with Crippen molar-refractivity contribution in [3.05, 3.63) is 41.7 Å². The first-order valence-corrected chi connectivity index (χ1v) is 5.42. The summed E-state index contributed by atoms with van der Waals surface area (Å²) in [5.41, 5.74) is -0.588. The van der Waals surface area contributed by atoms with E-state index in [9.17, 15) is 40.6 Å². The van der Waals surface area contributed by atoms with E-state index < -0.39 is 41.6 Å². The first kappa shape index (κ1) is 17.8. The lowest BCUT2D eigenvalue weighted by atomic mass is 10.1. The third-order valence-electron chi connectivity index (χ3n) is 2.23. The zero-order chi connectivity index (χ0) is 17.1. The Hall–Kier alpha value is -2.26. The molecule has 3 nitrogen and oxygen atoms in total. The minimum Gasteiger partial charge on any atom is -0.507 e. The van der Waals surface area contributed by atoms with Crippen LogP contribution in [0.4, 0.5) is 30.7 Å². The number of hydrogen-bond donors (Lipinski definition) is 1. The van der Waals surface area contributed by atoms with E-state index in [2.05, 4.69) is 4.74 Å². The first-order chi connectivity index (χ1) is 9.93. The van der Waals surface area contributed by atoms with E-state index in [1.165, 1.54) is 12.1 Å². The molecule has 0 aliphatic carbocycles. The topological polar surface area (TPSA) is 46.5 Å². The van der Waals surface area contributed by atoms with Crippen LogP contribution in [0.25, 0.3) is 5.76 Å². The lowest BCUT2D eigenvalue weighted by Crippen LogP contribution is -2.45. The smallest absolute Gasteiger partial charge is 0.434 e. The summed E-state index contributed by atoms with van der Waals surface area (Å²) in [5, 5.41) is 9.35. The van der Waals surface area contributed by atoms with E-state index in [0.717, 1.165) is 12.1 Å². The molecule has 0 unspecified atom stereocenters. The molecule has 1 rings (SSSR count). The normalized spacial score (nSPS) is 13.4. The number of alkyl halides is 6. The van der Waals surface area contributed by atoms with E-state index in [-0.39, 0.29) is 6.08 Å². The van der Waals surface area contributed by atoms with E-state index in [4.69, 9.17) is 0 Å². The molecule has 10 heteroatoms. The fourth-order valence-corrected chi connectivity index (χ4v) is 1.33. The zero-order valence-corrected chi connectivity index (χ0v) is 10.4. The second kappa shape index (κ2) is 6.24. The maximum atomic E-state index is 13.2. The molecule has 1 aromatic carbocycles. The molecule has 0 aliphatic heterocycles. The number of hydrogen-bond acceptors (Lipinski definition) is 3. The summed E-state index contributed by atoms with van der Waals surface area (Å²) in [5.74, 6) is -4.33. The Morgan fingerprint density at radius 3 is 2.05 bits per heavy atom. The van der Waals surface area contributed by atoms with Crippen LogP contribution in [0.2, 0.25) is 0 Å². The molecule has 122 valence electrons. The number of carbonyl (C=O) groups excluding carboxylic acids is 1. The van der Waals surface area contributed by atoms with Gasteiger partial charge in [0.1, 0.15) is 11.6 Å². The highest BCUT2D eigenvalue weighted by Gasteiger charge is 2.59. The van der Waals surface area contributed by atoms with Crippen LogP contribution in [0.1, 0.15) is 5.56 Å². The fourth-order valence-electron chi connectivity index (χ4n) is 1.33. The molecule has 0 atom stereocenters. The number of rotatable bonds is 3. The van der Waals surface area contributed by atoms with Crippen molar-refractivity contribution in [3.8, 4) is 0 Å². The van der Waals surface area contributed by atoms with Crippen molar-refractivity contribution in [3.63, 3.8) is 0 Å². The lowest BCUT2D eigenvalue weighted by molar-refractivity contribution is -0.312. The Morgan fingerprint density at radius 2 is 1.59 bits per heavy atom. The molecule has 0 saturated carbocycles. The van der Waals surface area contributed by atoms with Crippen LogP contribution >= 0.6 is 0 Å². The SMILES string of the molecule is O=C(C=C(O)c1ccccc1F)OC(C(F)(F)F)C(F)(F)F. The number of carbonyl (C=O) groups is 1. The summed E-state index contributed by atoms with van der Waals surface area (Å²) >= 11 is 0. The fraction of sp³-hybridized carbons (Fsp3) is 0.250. The summed E-state index contributed by atoms with van der Waals surface area (Å²) in [7, 11) is 0. The van der Waals surface area contributed by atoms with Crippen LogP contribution in [0.3, 0.4) is 0 Å². The average molecular weight is 332 g/mol. The van der Waals surface area contributed by atoms with Crippen molar-refractivity contribution in [2.24, 2.45) is 0 Å². The molecule has 22 heavy (non-hydrogen) atoms. The highest BCUT2D eigenvalue weighted by molar-refractivity contribution is 5.89. The van der Waals surface area contributed by atoms with Gasteiger partial charge in [-0.2, -0.15) is 26.3 Å². The van der Waals surface area contributed by atoms with Gasteiger partial charge in [0, 0.05) is 0 Å². The van der Waals surface area contributed by atoms with Gasteiger partial charge >= 0.3 is 18.3 Å². The average Bonchev–Trinajstić information content (AvgIpc) is 2.33. The van der Waals surface area contributed by atoms with Crippen molar-refractivity contribution in [1.29, 1.82) is 0 Å².